The van der Waals surface area contributed by atoms with Gasteiger partial charge in [-0.2, -0.15) is 0 Å². The second-order valence-corrected chi connectivity index (χ2v) is 6.58. The molecule has 132 valence electrons. The second-order valence-electron chi connectivity index (χ2n) is 6.58. The van der Waals surface area contributed by atoms with Crippen molar-refractivity contribution >= 4 is 50.6 Å². The number of amides is 2. The number of aromatic nitrogens is 1. The predicted molar refractivity (Wildman–Crippen MR) is 103 cm³/mol. The van der Waals surface area contributed by atoms with Gasteiger partial charge in [0, 0.05) is 16.8 Å². The van der Waals surface area contributed by atoms with Gasteiger partial charge < -0.3 is 9.84 Å². The molecule has 1 N–H and O–H groups in total. The van der Waals surface area contributed by atoms with Crippen LogP contribution < -0.4 is 10.2 Å². The maximum Gasteiger partial charge on any atom is 0.241 e. The van der Waals surface area contributed by atoms with Crippen molar-refractivity contribution in [3.63, 3.8) is 0 Å². The number of carbonyl (C=O) groups is 2. The smallest absolute Gasteiger partial charge is 0.241 e. The average Bonchev–Trinajstić information content (AvgIpc) is 2.97. The molecule has 0 aliphatic carbocycles. The highest BCUT2D eigenvalue weighted by molar-refractivity contribution is 6.21. The molecule has 1 aliphatic heterocycles. The van der Waals surface area contributed by atoms with E-state index >= 15 is 0 Å². The first kappa shape index (κ1) is 15.6. The summed E-state index contributed by atoms with van der Waals surface area (Å²) in [6.07, 6.45) is -0.226. The Hall–Kier alpha value is -3.67. The van der Waals surface area contributed by atoms with Gasteiger partial charge in [0.2, 0.25) is 11.8 Å². The largest absolute Gasteiger partial charge is 0.356 e. The molecule has 1 aromatic heterocycles. The highest BCUT2D eigenvalue weighted by atomic mass is 16.5. The van der Waals surface area contributed by atoms with Gasteiger partial charge >= 0.3 is 0 Å². The van der Waals surface area contributed by atoms with Crippen LogP contribution in [0.2, 0.25) is 0 Å². The quantitative estimate of drug-likeness (QED) is 0.516. The maximum absolute atomic E-state index is 12.9. The SMILES string of the molecule is Cc1noc2cc(N3C(=O)CC(=O)Nc4c3ccc3ccccc43)ccc12. The summed E-state index contributed by atoms with van der Waals surface area (Å²) < 4.78 is 5.36. The fraction of sp³-hybridized carbons (Fsp3) is 0.0952. The van der Waals surface area contributed by atoms with E-state index in [-0.39, 0.29) is 18.2 Å². The molecule has 3 aromatic carbocycles. The van der Waals surface area contributed by atoms with E-state index in [1.807, 2.05) is 55.5 Å². The minimum Gasteiger partial charge on any atom is -0.356 e. The molecule has 0 saturated carbocycles. The number of hydrogen-bond donors (Lipinski definition) is 1. The number of benzene rings is 3. The van der Waals surface area contributed by atoms with E-state index in [1.165, 1.54) is 0 Å². The number of nitrogens with one attached hydrogen (secondary N) is 1. The molecule has 0 unspecified atom stereocenters. The Bertz CT molecular complexity index is 1240. The Labute approximate surface area is 154 Å². The minimum absolute atomic E-state index is 0.226. The molecule has 2 heterocycles. The van der Waals surface area contributed by atoms with E-state index in [0.29, 0.717) is 22.6 Å². The van der Waals surface area contributed by atoms with Crippen LogP contribution in [-0.2, 0) is 9.59 Å². The van der Waals surface area contributed by atoms with Gasteiger partial charge in [0.15, 0.2) is 5.58 Å². The average molecular weight is 357 g/mol. The van der Waals surface area contributed by atoms with E-state index in [1.54, 1.807) is 11.0 Å². The summed E-state index contributed by atoms with van der Waals surface area (Å²) in [6.45, 7) is 1.87. The van der Waals surface area contributed by atoms with Crippen molar-refractivity contribution in [1.29, 1.82) is 0 Å². The van der Waals surface area contributed by atoms with Crippen LogP contribution in [0.1, 0.15) is 12.1 Å². The van der Waals surface area contributed by atoms with E-state index in [0.717, 1.165) is 21.9 Å². The maximum atomic E-state index is 12.9. The molecular weight excluding hydrogens is 342 g/mol. The lowest BCUT2D eigenvalue weighted by Gasteiger charge is -2.23. The van der Waals surface area contributed by atoms with Crippen LogP contribution >= 0.6 is 0 Å². The summed E-state index contributed by atoms with van der Waals surface area (Å²) in [6, 6.07) is 17.1. The lowest BCUT2D eigenvalue weighted by atomic mass is 10.1. The van der Waals surface area contributed by atoms with Crippen molar-refractivity contribution in [3.8, 4) is 0 Å². The number of fused-ring (bicyclic) bond motifs is 4. The van der Waals surface area contributed by atoms with Crippen LogP contribution in [0.15, 0.2) is 59.1 Å². The summed E-state index contributed by atoms with van der Waals surface area (Å²) >= 11 is 0. The molecule has 5 rings (SSSR count). The van der Waals surface area contributed by atoms with Gasteiger partial charge in [-0.05, 0) is 30.5 Å². The number of carbonyl (C=O) groups excluding carboxylic acids is 2. The van der Waals surface area contributed by atoms with Gasteiger partial charge in [0.05, 0.1) is 22.8 Å². The summed E-state index contributed by atoms with van der Waals surface area (Å²) in [5.74, 6) is -0.617. The first-order valence-corrected chi connectivity index (χ1v) is 8.62. The van der Waals surface area contributed by atoms with Gasteiger partial charge in [0.1, 0.15) is 6.42 Å². The third-order valence-electron chi connectivity index (χ3n) is 4.87. The highest BCUT2D eigenvalue weighted by Gasteiger charge is 2.29. The Morgan fingerprint density at radius 2 is 1.89 bits per heavy atom. The third kappa shape index (κ3) is 2.38. The molecule has 6 heteroatoms. The zero-order valence-corrected chi connectivity index (χ0v) is 14.5. The minimum atomic E-state index is -0.323. The predicted octanol–water partition coefficient (Wildman–Crippen LogP) is 4.30. The Kier molecular flexibility index (Phi) is 3.27. The lowest BCUT2D eigenvalue weighted by Crippen LogP contribution is -2.26. The number of nitrogens with zero attached hydrogens (tertiary/aromatic N) is 2. The van der Waals surface area contributed by atoms with Gasteiger partial charge in [-0.3, -0.25) is 14.5 Å². The molecule has 1 aliphatic rings. The van der Waals surface area contributed by atoms with Crippen molar-refractivity contribution in [2.75, 3.05) is 10.2 Å². The Morgan fingerprint density at radius 1 is 1.04 bits per heavy atom. The molecule has 0 spiro atoms. The van der Waals surface area contributed by atoms with Crippen LogP contribution in [0.5, 0.6) is 0 Å². The van der Waals surface area contributed by atoms with Crippen molar-refractivity contribution in [3.05, 3.63) is 60.3 Å². The molecule has 27 heavy (non-hydrogen) atoms. The van der Waals surface area contributed by atoms with E-state index < -0.39 is 0 Å². The zero-order chi connectivity index (χ0) is 18.5. The first-order valence-electron chi connectivity index (χ1n) is 8.62. The van der Waals surface area contributed by atoms with E-state index in [9.17, 15) is 9.59 Å². The second kappa shape index (κ2) is 5.67. The summed E-state index contributed by atoms with van der Waals surface area (Å²) in [5, 5.41) is 9.65. The van der Waals surface area contributed by atoms with Crippen molar-refractivity contribution in [2.24, 2.45) is 0 Å². The third-order valence-corrected chi connectivity index (χ3v) is 4.87. The zero-order valence-electron chi connectivity index (χ0n) is 14.5. The number of rotatable bonds is 1. The standard InChI is InChI=1S/C21H15N3O3/c1-12-15-8-7-14(10-18(15)27-23-12)24-17-9-6-13-4-2-3-5-16(13)21(17)22-19(25)11-20(24)26/h2-10H,11H2,1H3,(H,22,25). The summed E-state index contributed by atoms with van der Waals surface area (Å²) in [4.78, 5) is 26.8. The van der Waals surface area contributed by atoms with Crippen LogP contribution in [0.25, 0.3) is 21.7 Å². The normalized spacial score (nSPS) is 14.3. The molecule has 6 nitrogen and oxygen atoms in total. The number of aryl methyl sites for hydroxylation is 1. The van der Waals surface area contributed by atoms with Crippen molar-refractivity contribution in [1.82, 2.24) is 5.16 Å². The Morgan fingerprint density at radius 3 is 2.78 bits per heavy atom. The van der Waals surface area contributed by atoms with Crippen LogP contribution in [-0.4, -0.2) is 17.0 Å². The van der Waals surface area contributed by atoms with Crippen LogP contribution in [0.3, 0.4) is 0 Å². The highest BCUT2D eigenvalue weighted by Crippen LogP contribution is 2.40. The molecule has 4 aromatic rings. The van der Waals surface area contributed by atoms with Crippen molar-refractivity contribution < 1.29 is 14.1 Å². The van der Waals surface area contributed by atoms with Crippen LogP contribution in [0, 0.1) is 6.92 Å². The molecule has 0 bridgehead atoms. The van der Waals surface area contributed by atoms with Gasteiger partial charge in [-0.15, -0.1) is 0 Å². The topological polar surface area (TPSA) is 75.4 Å². The number of hydrogen-bond acceptors (Lipinski definition) is 4. The molecular formula is C21H15N3O3. The monoisotopic (exact) mass is 357 g/mol. The molecule has 0 fully saturated rings. The lowest BCUT2D eigenvalue weighted by molar-refractivity contribution is -0.124. The molecule has 0 saturated heterocycles. The number of anilines is 3. The summed E-state index contributed by atoms with van der Waals surface area (Å²) in [7, 11) is 0. The Balaban J connectivity index is 1.77. The van der Waals surface area contributed by atoms with E-state index in [4.69, 9.17) is 4.52 Å². The fourth-order valence-corrected chi connectivity index (χ4v) is 3.59. The molecule has 2 amide bonds. The first-order chi connectivity index (χ1) is 13.1. The molecule has 0 radical (unpaired) electrons. The van der Waals surface area contributed by atoms with Crippen molar-refractivity contribution in [2.45, 2.75) is 13.3 Å². The van der Waals surface area contributed by atoms with Gasteiger partial charge in [-0.1, -0.05) is 35.5 Å². The van der Waals surface area contributed by atoms with Crippen LogP contribution in [0.4, 0.5) is 17.1 Å². The summed E-state index contributed by atoms with van der Waals surface area (Å²) in [5.41, 5.74) is 3.31. The molecule has 0 atom stereocenters. The van der Waals surface area contributed by atoms with Gasteiger partial charge in [0.25, 0.3) is 0 Å². The van der Waals surface area contributed by atoms with Gasteiger partial charge in [-0.25, -0.2) is 0 Å². The van der Waals surface area contributed by atoms with E-state index in [2.05, 4.69) is 10.5 Å². The fourth-order valence-electron chi connectivity index (χ4n) is 3.59.